The number of hydrogen-bond acceptors (Lipinski definition) is 5. The number of amides is 1. The minimum absolute atomic E-state index is 0.0663. The van der Waals surface area contributed by atoms with Gasteiger partial charge in [0.1, 0.15) is 5.76 Å². The lowest BCUT2D eigenvalue weighted by molar-refractivity contribution is 0.0738. The number of thiophene rings is 1. The number of hydrogen-bond donors (Lipinski definition) is 1. The van der Waals surface area contributed by atoms with Crippen LogP contribution in [0.25, 0.3) is 0 Å². The first-order chi connectivity index (χ1) is 13.5. The first kappa shape index (κ1) is 18.9. The minimum atomic E-state index is -3.68. The van der Waals surface area contributed by atoms with Crippen LogP contribution in [0.4, 0.5) is 0 Å². The molecule has 0 aliphatic carbocycles. The zero-order valence-electron chi connectivity index (χ0n) is 15.1. The fraction of sp³-hybridized carbons (Fsp3) is 0.250. The third kappa shape index (κ3) is 3.89. The molecule has 4 rings (SSSR count). The molecule has 8 heteroatoms. The number of likely N-dealkylation sites (tertiary alicyclic amines) is 1. The second kappa shape index (κ2) is 7.90. The highest BCUT2D eigenvalue weighted by Gasteiger charge is 2.31. The SMILES string of the molecule is O=C(c1ccc(S(=O)(=O)NCc2ccco2)cc1)N1CCC[C@@H]1c1cccs1. The van der Waals surface area contributed by atoms with Crippen molar-refractivity contribution >= 4 is 27.3 Å². The highest BCUT2D eigenvalue weighted by Crippen LogP contribution is 2.35. The van der Waals surface area contributed by atoms with E-state index in [-0.39, 0.29) is 23.4 Å². The highest BCUT2D eigenvalue weighted by atomic mass is 32.2. The molecule has 146 valence electrons. The van der Waals surface area contributed by atoms with Gasteiger partial charge in [-0.05, 0) is 60.7 Å². The monoisotopic (exact) mass is 416 g/mol. The van der Waals surface area contributed by atoms with Gasteiger partial charge in [-0.3, -0.25) is 4.79 Å². The summed E-state index contributed by atoms with van der Waals surface area (Å²) < 4.78 is 32.5. The van der Waals surface area contributed by atoms with Crippen molar-refractivity contribution in [2.24, 2.45) is 0 Å². The molecule has 0 bridgehead atoms. The van der Waals surface area contributed by atoms with Crippen molar-refractivity contribution in [3.8, 4) is 0 Å². The van der Waals surface area contributed by atoms with Crippen molar-refractivity contribution in [2.75, 3.05) is 6.54 Å². The van der Waals surface area contributed by atoms with Crippen LogP contribution in [0.1, 0.15) is 39.9 Å². The fourth-order valence-electron chi connectivity index (χ4n) is 3.39. The number of sulfonamides is 1. The quantitative estimate of drug-likeness (QED) is 0.663. The van der Waals surface area contributed by atoms with E-state index in [1.165, 1.54) is 23.3 Å². The molecule has 1 saturated heterocycles. The van der Waals surface area contributed by atoms with Gasteiger partial charge in [0.2, 0.25) is 10.0 Å². The third-order valence-electron chi connectivity index (χ3n) is 4.81. The van der Waals surface area contributed by atoms with Gasteiger partial charge in [-0.25, -0.2) is 13.1 Å². The lowest BCUT2D eigenvalue weighted by atomic mass is 10.1. The van der Waals surface area contributed by atoms with Gasteiger partial charge in [0, 0.05) is 17.0 Å². The van der Waals surface area contributed by atoms with Crippen LogP contribution in [-0.2, 0) is 16.6 Å². The van der Waals surface area contributed by atoms with E-state index in [1.54, 1.807) is 35.6 Å². The molecule has 3 heterocycles. The number of furan rings is 1. The zero-order valence-corrected chi connectivity index (χ0v) is 16.7. The number of carbonyl (C=O) groups is 1. The molecule has 1 amide bonds. The first-order valence-electron chi connectivity index (χ1n) is 9.01. The van der Waals surface area contributed by atoms with Crippen molar-refractivity contribution in [1.29, 1.82) is 0 Å². The van der Waals surface area contributed by atoms with Crippen molar-refractivity contribution in [3.63, 3.8) is 0 Å². The van der Waals surface area contributed by atoms with Gasteiger partial charge in [-0.2, -0.15) is 0 Å². The molecule has 1 fully saturated rings. The molecule has 0 unspecified atom stereocenters. The number of carbonyl (C=O) groups excluding carboxylic acids is 1. The average molecular weight is 417 g/mol. The van der Waals surface area contributed by atoms with Crippen molar-refractivity contribution in [1.82, 2.24) is 9.62 Å². The Morgan fingerprint density at radius 3 is 2.68 bits per heavy atom. The molecular weight excluding hydrogens is 396 g/mol. The Balaban J connectivity index is 1.47. The molecule has 3 aromatic rings. The topological polar surface area (TPSA) is 79.6 Å². The standard InChI is InChI=1S/C20H20N2O4S2/c23-20(22-11-1-5-18(22)19-6-3-13-27-19)15-7-9-17(10-8-15)28(24,25)21-14-16-4-2-12-26-16/h2-4,6-10,12-13,18,21H,1,5,11,14H2/t18-/m1/s1. The van der Waals surface area contributed by atoms with Gasteiger partial charge < -0.3 is 9.32 Å². The van der Waals surface area contributed by atoms with Crippen LogP contribution in [0.5, 0.6) is 0 Å². The maximum absolute atomic E-state index is 12.9. The number of nitrogens with zero attached hydrogens (tertiary/aromatic N) is 1. The summed E-state index contributed by atoms with van der Waals surface area (Å²) in [4.78, 5) is 16.1. The Labute approximate surface area is 167 Å². The minimum Gasteiger partial charge on any atom is -0.468 e. The lowest BCUT2D eigenvalue weighted by Crippen LogP contribution is -2.30. The second-order valence-electron chi connectivity index (χ2n) is 6.60. The van der Waals surface area contributed by atoms with Crippen LogP contribution < -0.4 is 4.72 Å². The summed E-state index contributed by atoms with van der Waals surface area (Å²) in [5.74, 6) is 0.465. The Morgan fingerprint density at radius 2 is 2.00 bits per heavy atom. The van der Waals surface area contributed by atoms with Crippen LogP contribution in [0.2, 0.25) is 0 Å². The highest BCUT2D eigenvalue weighted by molar-refractivity contribution is 7.89. The molecule has 0 spiro atoms. The summed E-state index contributed by atoms with van der Waals surface area (Å²) in [6.07, 6.45) is 3.42. The van der Waals surface area contributed by atoms with Gasteiger partial charge in [-0.15, -0.1) is 11.3 Å². The van der Waals surface area contributed by atoms with Crippen molar-refractivity contribution < 1.29 is 17.6 Å². The Kier molecular flexibility index (Phi) is 5.34. The molecule has 1 aliphatic rings. The van der Waals surface area contributed by atoms with E-state index in [0.717, 1.165) is 12.8 Å². The van der Waals surface area contributed by atoms with Crippen LogP contribution in [0, 0.1) is 0 Å². The van der Waals surface area contributed by atoms with Crippen molar-refractivity contribution in [2.45, 2.75) is 30.3 Å². The molecule has 6 nitrogen and oxygen atoms in total. The maximum Gasteiger partial charge on any atom is 0.254 e. The van der Waals surface area contributed by atoms with Crippen molar-refractivity contribution in [3.05, 3.63) is 76.4 Å². The van der Waals surface area contributed by atoms with Gasteiger partial charge in [0.25, 0.3) is 5.91 Å². The Bertz CT molecular complexity index is 1030. The van der Waals surface area contributed by atoms with E-state index in [4.69, 9.17) is 4.42 Å². The fourth-order valence-corrected chi connectivity index (χ4v) is 5.26. The molecule has 2 aromatic heterocycles. The maximum atomic E-state index is 12.9. The largest absolute Gasteiger partial charge is 0.468 e. The summed E-state index contributed by atoms with van der Waals surface area (Å²) in [7, 11) is -3.68. The smallest absolute Gasteiger partial charge is 0.254 e. The summed E-state index contributed by atoms with van der Waals surface area (Å²) in [6, 6.07) is 13.6. The molecule has 1 aliphatic heterocycles. The van der Waals surface area contributed by atoms with E-state index in [0.29, 0.717) is 17.9 Å². The third-order valence-corrected chi connectivity index (χ3v) is 7.20. The molecule has 28 heavy (non-hydrogen) atoms. The first-order valence-corrected chi connectivity index (χ1v) is 11.4. The summed E-state index contributed by atoms with van der Waals surface area (Å²) in [5.41, 5.74) is 0.494. The molecular formula is C20H20N2O4S2. The Morgan fingerprint density at radius 1 is 1.18 bits per heavy atom. The normalized spacial score (nSPS) is 17.1. The number of rotatable bonds is 6. The van der Waals surface area contributed by atoms with Gasteiger partial charge in [0.15, 0.2) is 0 Å². The van der Waals surface area contributed by atoms with Crippen LogP contribution >= 0.6 is 11.3 Å². The van der Waals surface area contributed by atoms with E-state index in [9.17, 15) is 13.2 Å². The van der Waals surface area contributed by atoms with Gasteiger partial charge in [0.05, 0.1) is 23.7 Å². The van der Waals surface area contributed by atoms with E-state index >= 15 is 0 Å². The van der Waals surface area contributed by atoms with Gasteiger partial charge in [-0.1, -0.05) is 6.07 Å². The number of benzene rings is 1. The Hall–Kier alpha value is -2.42. The molecule has 1 aromatic carbocycles. The lowest BCUT2D eigenvalue weighted by Gasteiger charge is -2.24. The predicted molar refractivity (Wildman–Crippen MR) is 107 cm³/mol. The van der Waals surface area contributed by atoms with Crippen LogP contribution in [-0.4, -0.2) is 25.8 Å². The molecule has 0 saturated carbocycles. The summed E-state index contributed by atoms with van der Waals surface area (Å²) >= 11 is 1.66. The van der Waals surface area contributed by atoms with E-state index < -0.39 is 10.0 Å². The molecule has 0 radical (unpaired) electrons. The van der Waals surface area contributed by atoms with E-state index in [2.05, 4.69) is 10.8 Å². The molecule has 1 N–H and O–H groups in total. The van der Waals surface area contributed by atoms with Gasteiger partial charge >= 0.3 is 0 Å². The summed E-state index contributed by atoms with van der Waals surface area (Å²) in [6.45, 7) is 0.790. The number of nitrogens with one attached hydrogen (secondary N) is 1. The van der Waals surface area contributed by atoms with Crippen LogP contribution in [0.3, 0.4) is 0 Å². The van der Waals surface area contributed by atoms with Crippen LogP contribution in [0.15, 0.2) is 69.5 Å². The second-order valence-corrected chi connectivity index (χ2v) is 9.35. The summed E-state index contributed by atoms with van der Waals surface area (Å²) in [5, 5.41) is 2.02. The average Bonchev–Trinajstić information content (AvgIpc) is 3.48. The molecule has 1 atom stereocenters. The van der Waals surface area contributed by atoms with E-state index in [1.807, 2.05) is 16.3 Å². The predicted octanol–water partition coefficient (Wildman–Crippen LogP) is 3.80. The zero-order chi connectivity index (χ0) is 19.6.